The van der Waals surface area contributed by atoms with Gasteiger partial charge in [0.2, 0.25) is 11.2 Å². The van der Waals surface area contributed by atoms with Crippen LogP contribution in [0.3, 0.4) is 0 Å². The summed E-state index contributed by atoms with van der Waals surface area (Å²) in [7, 11) is 1.70. The van der Waals surface area contributed by atoms with E-state index in [0.29, 0.717) is 11.9 Å². The molecule has 1 N–H and O–H groups in total. The van der Waals surface area contributed by atoms with Gasteiger partial charge >= 0.3 is 0 Å². The van der Waals surface area contributed by atoms with Gasteiger partial charge in [0.1, 0.15) is 0 Å². The highest BCUT2D eigenvalue weighted by Crippen LogP contribution is 2.12. The summed E-state index contributed by atoms with van der Waals surface area (Å²) >= 11 is 9.01. The molecule has 0 amide bonds. The van der Waals surface area contributed by atoms with Crippen LogP contribution in [0.1, 0.15) is 0 Å². The molecule has 2 rings (SSSR count). The minimum Gasteiger partial charge on any atom is -0.357 e. The lowest BCUT2D eigenvalue weighted by atomic mass is 10.7. The van der Waals surface area contributed by atoms with Gasteiger partial charge in [-0.3, -0.25) is 0 Å². The standard InChI is InChI=1S/C7H6BrClN6/c1-10-6-12-5(9)13-7(14-6)15-3-4(8)2-11-15/h2-3H,1H3,(H,10,12,13,14). The van der Waals surface area contributed by atoms with Crippen molar-refractivity contribution < 1.29 is 0 Å². The lowest BCUT2D eigenvalue weighted by molar-refractivity contribution is 0.797. The monoisotopic (exact) mass is 288 g/mol. The molecule has 0 saturated carbocycles. The molecule has 0 atom stereocenters. The molecule has 0 bridgehead atoms. The predicted molar refractivity (Wildman–Crippen MR) is 59.2 cm³/mol. The largest absolute Gasteiger partial charge is 0.357 e. The highest BCUT2D eigenvalue weighted by atomic mass is 79.9. The Morgan fingerprint density at radius 3 is 2.80 bits per heavy atom. The highest BCUT2D eigenvalue weighted by Gasteiger charge is 2.06. The summed E-state index contributed by atoms with van der Waals surface area (Å²) in [5, 5.41) is 6.94. The zero-order valence-corrected chi connectivity index (χ0v) is 9.99. The van der Waals surface area contributed by atoms with Crippen LogP contribution in [0, 0.1) is 0 Å². The Morgan fingerprint density at radius 2 is 2.20 bits per heavy atom. The van der Waals surface area contributed by atoms with E-state index in [4.69, 9.17) is 11.6 Å². The van der Waals surface area contributed by atoms with Gasteiger partial charge in [0.25, 0.3) is 5.95 Å². The van der Waals surface area contributed by atoms with Crippen molar-refractivity contribution in [1.29, 1.82) is 0 Å². The number of aromatic nitrogens is 5. The molecule has 0 radical (unpaired) electrons. The summed E-state index contributed by atoms with van der Waals surface area (Å²) in [6.07, 6.45) is 3.36. The SMILES string of the molecule is CNc1nc(Cl)nc(-n2cc(Br)cn2)n1. The second kappa shape index (κ2) is 4.11. The Kier molecular flexibility index (Phi) is 2.83. The van der Waals surface area contributed by atoms with E-state index >= 15 is 0 Å². The quantitative estimate of drug-likeness (QED) is 0.907. The van der Waals surface area contributed by atoms with E-state index in [1.54, 1.807) is 19.4 Å². The lowest BCUT2D eigenvalue weighted by Crippen LogP contribution is -2.06. The minimum absolute atomic E-state index is 0.121. The first-order valence-corrected chi connectivity index (χ1v) is 5.16. The molecular formula is C7H6BrClN6. The average molecular weight is 290 g/mol. The molecule has 0 aliphatic carbocycles. The van der Waals surface area contributed by atoms with Gasteiger partial charge in [0.15, 0.2) is 0 Å². The van der Waals surface area contributed by atoms with Gasteiger partial charge in [-0.2, -0.15) is 20.1 Å². The zero-order valence-electron chi connectivity index (χ0n) is 7.65. The summed E-state index contributed by atoms with van der Waals surface area (Å²) < 4.78 is 2.34. The number of hydrogen-bond donors (Lipinski definition) is 1. The molecule has 15 heavy (non-hydrogen) atoms. The van der Waals surface area contributed by atoms with E-state index in [9.17, 15) is 0 Å². The number of halogens is 2. The Labute approximate surface area is 98.8 Å². The van der Waals surface area contributed by atoms with Gasteiger partial charge < -0.3 is 5.32 Å². The van der Waals surface area contributed by atoms with Crippen molar-refractivity contribution >= 4 is 33.5 Å². The minimum atomic E-state index is 0.121. The van der Waals surface area contributed by atoms with Crippen LogP contribution >= 0.6 is 27.5 Å². The summed E-state index contributed by atoms with van der Waals surface area (Å²) in [6, 6.07) is 0. The molecule has 0 saturated heterocycles. The molecule has 2 heterocycles. The summed E-state index contributed by atoms with van der Waals surface area (Å²) in [6.45, 7) is 0. The maximum absolute atomic E-state index is 5.73. The number of hydrogen-bond acceptors (Lipinski definition) is 5. The van der Waals surface area contributed by atoms with E-state index in [-0.39, 0.29) is 5.28 Å². The first kappa shape index (κ1) is 10.3. The molecule has 0 unspecified atom stereocenters. The first-order valence-electron chi connectivity index (χ1n) is 3.99. The average Bonchev–Trinajstić information content (AvgIpc) is 2.64. The van der Waals surface area contributed by atoms with Gasteiger partial charge in [0.05, 0.1) is 10.7 Å². The van der Waals surface area contributed by atoms with E-state index in [1.165, 1.54) is 4.68 Å². The van der Waals surface area contributed by atoms with E-state index in [0.717, 1.165) is 4.47 Å². The maximum Gasteiger partial charge on any atom is 0.256 e. The normalized spacial score (nSPS) is 10.3. The Bertz CT molecular complexity index is 484. The van der Waals surface area contributed by atoms with Crippen molar-refractivity contribution in [2.24, 2.45) is 0 Å². The molecule has 8 heteroatoms. The third-order valence-corrected chi connectivity index (χ3v) is 2.15. The number of anilines is 1. The van der Waals surface area contributed by atoms with Crippen molar-refractivity contribution in [3.63, 3.8) is 0 Å². The smallest absolute Gasteiger partial charge is 0.256 e. The van der Waals surface area contributed by atoms with Gasteiger partial charge in [-0.15, -0.1) is 0 Å². The molecule has 0 fully saturated rings. The molecule has 2 aromatic heterocycles. The van der Waals surface area contributed by atoms with Gasteiger partial charge in [-0.1, -0.05) is 0 Å². The first-order chi connectivity index (χ1) is 7.19. The fourth-order valence-corrected chi connectivity index (χ4v) is 1.41. The van der Waals surface area contributed by atoms with Crippen LogP contribution in [0.25, 0.3) is 5.95 Å². The number of nitrogens with one attached hydrogen (secondary N) is 1. The highest BCUT2D eigenvalue weighted by molar-refractivity contribution is 9.10. The Hall–Kier alpha value is -1.21. The number of rotatable bonds is 2. The van der Waals surface area contributed by atoms with Crippen molar-refractivity contribution in [3.05, 3.63) is 22.1 Å². The molecule has 0 aliphatic rings. The van der Waals surface area contributed by atoms with E-state index in [1.807, 2.05) is 0 Å². The van der Waals surface area contributed by atoms with Gasteiger partial charge in [-0.25, -0.2) is 4.68 Å². The van der Waals surface area contributed by atoms with E-state index in [2.05, 4.69) is 41.3 Å². The van der Waals surface area contributed by atoms with Crippen molar-refractivity contribution in [2.75, 3.05) is 12.4 Å². The molecule has 0 spiro atoms. The van der Waals surface area contributed by atoms with E-state index < -0.39 is 0 Å². The molecular weight excluding hydrogens is 283 g/mol. The molecule has 0 aromatic carbocycles. The van der Waals surface area contributed by atoms with Crippen molar-refractivity contribution in [1.82, 2.24) is 24.7 Å². The fraction of sp³-hybridized carbons (Fsp3) is 0.143. The molecule has 0 aliphatic heterocycles. The van der Waals surface area contributed by atoms with Gasteiger partial charge in [0, 0.05) is 13.2 Å². The van der Waals surface area contributed by atoms with Crippen LogP contribution in [0.2, 0.25) is 5.28 Å². The maximum atomic E-state index is 5.73. The molecule has 2 aromatic rings. The third-order valence-electron chi connectivity index (χ3n) is 1.58. The van der Waals surface area contributed by atoms with Crippen LogP contribution in [0.15, 0.2) is 16.9 Å². The molecule has 78 valence electrons. The lowest BCUT2D eigenvalue weighted by Gasteiger charge is -2.02. The number of nitrogens with zero attached hydrogens (tertiary/aromatic N) is 5. The fourth-order valence-electron chi connectivity index (χ4n) is 0.964. The van der Waals surface area contributed by atoms with Crippen LogP contribution in [-0.4, -0.2) is 31.8 Å². The second-order valence-corrected chi connectivity index (χ2v) is 3.83. The Balaban J connectivity index is 2.48. The molecule has 6 nitrogen and oxygen atoms in total. The third kappa shape index (κ3) is 2.24. The van der Waals surface area contributed by atoms with Crippen LogP contribution in [0.4, 0.5) is 5.95 Å². The topological polar surface area (TPSA) is 68.5 Å². The second-order valence-electron chi connectivity index (χ2n) is 2.58. The van der Waals surface area contributed by atoms with Crippen LogP contribution < -0.4 is 5.32 Å². The van der Waals surface area contributed by atoms with Crippen LogP contribution in [0.5, 0.6) is 0 Å². The Morgan fingerprint density at radius 1 is 1.40 bits per heavy atom. The van der Waals surface area contributed by atoms with Crippen LogP contribution in [-0.2, 0) is 0 Å². The summed E-state index contributed by atoms with van der Waals surface area (Å²) in [4.78, 5) is 11.9. The predicted octanol–water partition coefficient (Wildman–Crippen LogP) is 1.51. The zero-order chi connectivity index (χ0) is 10.8. The van der Waals surface area contributed by atoms with Gasteiger partial charge in [-0.05, 0) is 27.5 Å². The van der Waals surface area contributed by atoms with Crippen molar-refractivity contribution in [3.8, 4) is 5.95 Å². The van der Waals surface area contributed by atoms with Crippen molar-refractivity contribution in [2.45, 2.75) is 0 Å². The summed E-state index contributed by atoms with van der Waals surface area (Å²) in [5.41, 5.74) is 0. The summed E-state index contributed by atoms with van der Waals surface area (Å²) in [5.74, 6) is 0.765.